The van der Waals surface area contributed by atoms with Crippen LogP contribution in [0.15, 0.2) is 34.7 Å². The monoisotopic (exact) mass is 287 g/mol. The van der Waals surface area contributed by atoms with Gasteiger partial charge in [-0.3, -0.25) is 4.79 Å². The van der Waals surface area contributed by atoms with Gasteiger partial charge in [-0.1, -0.05) is 6.07 Å². The summed E-state index contributed by atoms with van der Waals surface area (Å²) in [6, 6.07) is 9.66. The van der Waals surface area contributed by atoms with Crippen LogP contribution in [0.3, 0.4) is 0 Å². The summed E-state index contributed by atoms with van der Waals surface area (Å²) in [7, 11) is 0. The molecule has 4 heteroatoms. The Bertz CT molecular complexity index is 700. The summed E-state index contributed by atoms with van der Waals surface area (Å²) in [5.41, 5.74) is 3.50. The third-order valence-corrected chi connectivity index (χ3v) is 3.49. The lowest BCUT2D eigenvalue weighted by Crippen LogP contribution is -2.03. The van der Waals surface area contributed by atoms with Gasteiger partial charge in [-0.15, -0.1) is 11.6 Å². The topological polar surface area (TPSA) is 42.2 Å². The number of aryl methyl sites for hydroxylation is 2. The normalized spacial score (nSPS) is 15.5. The maximum atomic E-state index is 12.1. The van der Waals surface area contributed by atoms with Crippen molar-refractivity contribution in [2.75, 3.05) is 11.2 Å². The molecule has 0 bridgehead atoms. The molecular formula is C16H14ClNO2. The molecule has 0 aliphatic carbocycles. The minimum atomic E-state index is -0.0999. The lowest BCUT2D eigenvalue weighted by Gasteiger charge is -2.02. The molecule has 1 aromatic carbocycles. The molecule has 1 aliphatic rings. The Labute approximate surface area is 122 Å². The van der Waals surface area contributed by atoms with Gasteiger partial charge in [-0.25, -0.2) is 0 Å². The zero-order valence-electron chi connectivity index (χ0n) is 11.1. The van der Waals surface area contributed by atoms with Crippen molar-refractivity contribution >= 4 is 34.8 Å². The first-order chi connectivity index (χ1) is 9.67. The lowest BCUT2D eigenvalue weighted by atomic mass is 10.0. The van der Waals surface area contributed by atoms with Gasteiger partial charge in [0.1, 0.15) is 11.5 Å². The van der Waals surface area contributed by atoms with Crippen molar-refractivity contribution in [3.05, 3.63) is 53.0 Å². The van der Waals surface area contributed by atoms with Crippen molar-refractivity contribution in [2.24, 2.45) is 0 Å². The third-order valence-electron chi connectivity index (χ3n) is 3.30. The number of halogens is 1. The minimum absolute atomic E-state index is 0.0999. The van der Waals surface area contributed by atoms with E-state index < -0.39 is 0 Å². The van der Waals surface area contributed by atoms with E-state index in [1.54, 1.807) is 6.08 Å². The number of hydrogen-bond donors (Lipinski definition) is 1. The molecule has 2 heterocycles. The van der Waals surface area contributed by atoms with Gasteiger partial charge in [0.15, 0.2) is 0 Å². The number of furan rings is 1. The van der Waals surface area contributed by atoms with Gasteiger partial charge in [0.2, 0.25) is 0 Å². The van der Waals surface area contributed by atoms with Gasteiger partial charge in [0.05, 0.1) is 5.57 Å². The van der Waals surface area contributed by atoms with E-state index in [2.05, 4.69) is 5.32 Å². The number of amides is 1. The van der Waals surface area contributed by atoms with E-state index in [0.29, 0.717) is 17.2 Å². The fourth-order valence-electron chi connectivity index (χ4n) is 2.32. The Morgan fingerprint density at radius 1 is 1.30 bits per heavy atom. The van der Waals surface area contributed by atoms with Crippen LogP contribution < -0.4 is 5.32 Å². The highest BCUT2D eigenvalue weighted by Crippen LogP contribution is 2.34. The van der Waals surface area contributed by atoms with Crippen molar-refractivity contribution in [1.29, 1.82) is 0 Å². The lowest BCUT2D eigenvalue weighted by molar-refractivity contribution is -0.110. The number of alkyl halides is 1. The third kappa shape index (κ3) is 2.37. The molecule has 1 amide bonds. The predicted molar refractivity (Wildman–Crippen MR) is 80.8 cm³/mol. The van der Waals surface area contributed by atoms with Crippen LogP contribution in [0.1, 0.15) is 22.6 Å². The highest BCUT2D eigenvalue weighted by Gasteiger charge is 2.24. The van der Waals surface area contributed by atoms with E-state index in [9.17, 15) is 4.79 Å². The first-order valence-corrected chi connectivity index (χ1v) is 6.99. The molecule has 1 aromatic heterocycles. The number of carbonyl (C=O) groups is 1. The maximum Gasteiger partial charge on any atom is 0.256 e. The average Bonchev–Trinajstić information content (AvgIpc) is 2.96. The molecule has 0 radical (unpaired) electrons. The maximum absolute atomic E-state index is 12.1. The fraction of sp³-hybridized carbons (Fsp3) is 0.188. The summed E-state index contributed by atoms with van der Waals surface area (Å²) in [6.07, 6.45) is 2.56. The minimum Gasteiger partial charge on any atom is -0.462 e. The van der Waals surface area contributed by atoms with Crippen molar-refractivity contribution in [3.8, 4) is 0 Å². The summed E-state index contributed by atoms with van der Waals surface area (Å²) >= 11 is 5.77. The van der Waals surface area contributed by atoms with E-state index in [1.807, 2.05) is 37.3 Å². The second kappa shape index (κ2) is 5.17. The van der Waals surface area contributed by atoms with E-state index in [0.717, 1.165) is 29.0 Å². The zero-order chi connectivity index (χ0) is 14.1. The first-order valence-electron chi connectivity index (χ1n) is 6.46. The number of rotatable bonds is 3. The van der Waals surface area contributed by atoms with Crippen molar-refractivity contribution in [1.82, 2.24) is 0 Å². The standard InChI is InChI=1S/C16H14ClNO2/c1-10-2-4-12(20-10)9-14-13-8-11(6-7-17)3-5-15(13)18-16(14)19/h2-5,8-9H,6-7H2,1H3,(H,18,19). The van der Waals surface area contributed by atoms with Crippen LogP contribution in [-0.2, 0) is 11.2 Å². The van der Waals surface area contributed by atoms with E-state index >= 15 is 0 Å². The summed E-state index contributed by atoms with van der Waals surface area (Å²) in [4.78, 5) is 12.1. The number of anilines is 1. The Balaban J connectivity index is 2.03. The summed E-state index contributed by atoms with van der Waals surface area (Å²) in [6.45, 7) is 1.88. The van der Waals surface area contributed by atoms with Gasteiger partial charge in [-0.05, 0) is 49.2 Å². The molecule has 0 saturated carbocycles. The molecule has 0 fully saturated rings. The molecule has 1 N–H and O–H groups in total. The molecule has 20 heavy (non-hydrogen) atoms. The Kier molecular flexibility index (Phi) is 3.36. The summed E-state index contributed by atoms with van der Waals surface area (Å²) in [5, 5.41) is 2.86. The average molecular weight is 288 g/mol. The molecule has 3 nitrogen and oxygen atoms in total. The highest BCUT2D eigenvalue weighted by atomic mass is 35.5. The fourth-order valence-corrected chi connectivity index (χ4v) is 2.53. The number of nitrogens with one attached hydrogen (secondary N) is 1. The number of benzene rings is 1. The van der Waals surface area contributed by atoms with Crippen LogP contribution in [0.5, 0.6) is 0 Å². The second-order valence-corrected chi connectivity index (χ2v) is 5.16. The van der Waals surface area contributed by atoms with Crippen LogP contribution >= 0.6 is 11.6 Å². The van der Waals surface area contributed by atoms with Crippen molar-refractivity contribution < 1.29 is 9.21 Å². The Morgan fingerprint density at radius 3 is 2.85 bits per heavy atom. The summed E-state index contributed by atoms with van der Waals surface area (Å²) < 4.78 is 5.51. The molecule has 0 atom stereocenters. The molecule has 0 saturated heterocycles. The van der Waals surface area contributed by atoms with Crippen molar-refractivity contribution in [3.63, 3.8) is 0 Å². The number of carbonyl (C=O) groups excluding carboxylic acids is 1. The molecule has 3 rings (SSSR count). The summed E-state index contributed by atoms with van der Waals surface area (Å²) in [5.74, 6) is 1.98. The van der Waals surface area contributed by atoms with Crippen LogP contribution in [0.4, 0.5) is 5.69 Å². The first kappa shape index (κ1) is 13.0. The van der Waals surface area contributed by atoms with Crippen molar-refractivity contribution in [2.45, 2.75) is 13.3 Å². The molecule has 102 valence electrons. The van der Waals surface area contributed by atoms with E-state index in [1.165, 1.54) is 0 Å². The van der Waals surface area contributed by atoms with Crippen LogP contribution in [-0.4, -0.2) is 11.8 Å². The van der Waals surface area contributed by atoms with Gasteiger partial charge >= 0.3 is 0 Å². The number of hydrogen-bond acceptors (Lipinski definition) is 2. The molecule has 2 aromatic rings. The van der Waals surface area contributed by atoms with Crippen LogP contribution in [0, 0.1) is 6.92 Å². The van der Waals surface area contributed by atoms with E-state index in [4.69, 9.17) is 16.0 Å². The van der Waals surface area contributed by atoms with Gasteiger partial charge < -0.3 is 9.73 Å². The van der Waals surface area contributed by atoms with Crippen LogP contribution in [0.25, 0.3) is 11.6 Å². The molecular weight excluding hydrogens is 274 g/mol. The predicted octanol–water partition coefficient (Wildman–Crippen LogP) is 3.86. The zero-order valence-corrected chi connectivity index (χ0v) is 11.8. The van der Waals surface area contributed by atoms with Gasteiger partial charge in [0.25, 0.3) is 5.91 Å². The molecule has 0 spiro atoms. The highest BCUT2D eigenvalue weighted by molar-refractivity contribution is 6.34. The smallest absolute Gasteiger partial charge is 0.256 e. The molecule has 0 unspecified atom stereocenters. The second-order valence-electron chi connectivity index (χ2n) is 4.78. The largest absolute Gasteiger partial charge is 0.462 e. The Hall–Kier alpha value is -2.00. The molecule has 1 aliphatic heterocycles. The van der Waals surface area contributed by atoms with Gasteiger partial charge in [-0.2, -0.15) is 0 Å². The number of fused-ring (bicyclic) bond motifs is 1. The van der Waals surface area contributed by atoms with Gasteiger partial charge in [0, 0.05) is 17.1 Å². The Morgan fingerprint density at radius 2 is 2.15 bits per heavy atom. The SMILES string of the molecule is Cc1ccc(C=C2C(=O)Nc3ccc(CCCl)cc32)o1. The quantitative estimate of drug-likeness (QED) is 0.688. The van der Waals surface area contributed by atoms with Crippen LogP contribution in [0.2, 0.25) is 0 Å². The van der Waals surface area contributed by atoms with E-state index in [-0.39, 0.29) is 5.91 Å².